The maximum absolute atomic E-state index is 13.8. The van der Waals surface area contributed by atoms with Gasteiger partial charge in [-0.15, -0.1) is 0 Å². The molecule has 0 amide bonds. The van der Waals surface area contributed by atoms with Crippen molar-refractivity contribution in [2.45, 2.75) is 31.8 Å². The van der Waals surface area contributed by atoms with Crippen LogP contribution in [-0.2, 0) is 6.42 Å². The summed E-state index contributed by atoms with van der Waals surface area (Å²) in [4.78, 5) is 21.9. The van der Waals surface area contributed by atoms with Crippen LogP contribution < -0.4 is 10.2 Å². The number of aromatic amines is 1. The Kier molecular flexibility index (Phi) is 5.34. The van der Waals surface area contributed by atoms with Crippen LogP contribution in [0.5, 0.6) is 0 Å². The number of rotatable bonds is 5. The molecule has 0 saturated carbocycles. The molecule has 34 heavy (non-hydrogen) atoms. The van der Waals surface area contributed by atoms with Gasteiger partial charge in [-0.3, -0.25) is 9.69 Å². The van der Waals surface area contributed by atoms with Crippen molar-refractivity contribution in [2.75, 3.05) is 36.4 Å². The lowest BCUT2D eigenvalue weighted by atomic mass is 9.88. The average molecular weight is 456 g/mol. The molecule has 1 saturated heterocycles. The fourth-order valence-electron chi connectivity index (χ4n) is 5.58. The summed E-state index contributed by atoms with van der Waals surface area (Å²) in [6, 6.07) is 16.7. The number of carbonyl (C=O) groups excluding carboxylic acids is 1. The van der Waals surface area contributed by atoms with Gasteiger partial charge in [0.05, 0.1) is 17.8 Å². The van der Waals surface area contributed by atoms with Crippen molar-refractivity contribution in [3.63, 3.8) is 0 Å². The van der Waals surface area contributed by atoms with Gasteiger partial charge in [0.15, 0.2) is 5.78 Å². The highest BCUT2D eigenvalue weighted by molar-refractivity contribution is 6.01. The van der Waals surface area contributed by atoms with E-state index in [1.165, 1.54) is 16.6 Å². The molecule has 6 rings (SSSR count). The number of aromatic nitrogens is 2. The summed E-state index contributed by atoms with van der Waals surface area (Å²) in [6.45, 7) is 5.21. The van der Waals surface area contributed by atoms with Gasteiger partial charge in [-0.25, -0.2) is 0 Å². The number of hydrogen-bond acceptors (Lipinski definition) is 6. The summed E-state index contributed by atoms with van der Waals surface area (Å²) in [7, 11) is 0. The lowest BCUT2D eigenvalue weighted by Crippen LogP contribution is -2.58. The van der Waals surface area contributed by atoms with Crippen LogP contribution in [-0.4, -0.2) is 59.1 Å². The second-order valence-corrected chi connectivity index (χ2v) is 9.29. The molecule has 2 N–H and O–H groups in total. The monoisotopic (exact) mass is 455 g/mol. The third-order valence-corrected chi connectivity index (χ3v) is 7.37. The van der Waals surface area contributed by atoms with Crippen molar-refractivity contribution in [1.29, 1.82) is 0 Å². The number of anilines is 2. The largest absolute Gasteiger partial charge is 0.380 e. The summed E-state index contributed by atoms with van der Waals surface area (Å²) in [5.74, 6) is 0.681. The molecule has 2 aliphatic heterocycles. The highest BCUT2D eigenvalue weighted by Gasteiger charge is 2.38. The first kappa shape index (κ1) is 21.0. The number of aryl methyl sites for hydroxylation is 2. The number of para-hydroxylation sites is 1. The summed E-state index contributed by atoms with van der Waals surface area (Å²) < 4.78 is 5.25. The summed E-state index contributed by atoms with van der Waals surface area (Å²) in [5, 5.41) is 8.81. The van der Waals surface area contributed by atoms with Crippen molar-refractivity contribution in [1.82, 2.24) is 15.0 Å². The van der Waals surface area contributed by atoms with E-state index < -0.39 is 0 Å². The molecule has 1 fully saturated rings. The Morgan fingerprint density at radius 3 is 2.76 bits per heavy atom. The molecular weight excluding hydrogens is 426 g/mol. The number of nitrogens with one attached hydrogen (secondary N) is 2. The first-order chi connectivity index (χ1) is 16.7. The molecule has 2 aromatic carbocycles. The molecule has 4 heterocycles. The number of nitrogens with zero attached hydrogens (tertiary/aromatic N) is 3. The van der Waals surface area contributed by atoms with Crippen LogP contribution in [0.15, 0.2) is 65.4 Å². The predicted molar refractivity (Wildman–Crippen MR) is 134 cm³/mol. The zero-order chi connectivity index (χ0) is 23.1. The fourth-order valence-corrected chi connectivity index (χ4v) is 5.58. The van der Waals surface area contributed by atoms with Gasteiger partial charge < -0.3 is 19.7 Å². The minimum absolute atomic E-state index is 0.0383. The fraction of sp³-hybridized carbons (Fsp3) is 0.333. The van der Waals surface area contributed by atoms with E-state index in [2.05, 4.69) is 73.8 Å². The van der Waals surface area contributed by atoms with Gasteiger partial charge >= 0.3 is 0 Å². The van der Waals surface area contributed by atoms with E-state index in [9.17, 15) is 4.79 Å². The number of piperazine rings is 1. The van der Waals surface area contributed by atoms with E-state index in [1.54, 1.807) is 6.20 Å². The van der Waals surface area contributed by atoms with E-state index in [0.717, 1.165) is 50.2 Å². The first-order valence-corrected chi connectivity index (χ1v) is 12.0. The zero-order valence-corrected chi connectivity index (χ0v) is 19.3. The van der Waals surface area contributed by atoms with Crippen LogP contribution in [0, 0.1) is 6.92 Å². The number of ketones is 1. The molecule has 2 aromatic heterocycles. The van der Waals surface area contributed by atoms with Crippen molar-refractivity contribution < 1.29 is 9.32 Å². The second kappa shape index (κ2) is 8.65. The van der Waals surface area contributed by atoms with Crippen molar-refractivity contribution in [3.8, 4) is 0 Å². The maximum Gasteiger partial charge on any atom is 0.187 e. The Labute approximate surface area is 198 Å². The molecule has 2 unspecified atom stereocenters. The van der Waals surface area contributed by atoms with Crippen LogP contribution in [0.2, 0.25) is 0 Å². The number of carbonyl (C=O) groups is 1. The van der Waals surface area contributed by atoms with Gasteiger partial charge in [-0.05, 0) is 49.6 Å². The van der Waals surface area contributed by atoms with Gasteiger partial charge in [0.25, 0.3) is 0 Å². The first-order valence-electron chi connectivity index (χ1n) is 12.0. The van der Waals surface area contributed by atoms with Gasteiger partial charge in [-0.1, -0.05) is 29.4 Å². The van der Waals surface area contributed by atoms with Crippen LogP contribution in [0.25, 0.3) is 10.9 Å². The van der Waals surface area contributed by atoms with Crippen LogP contribution in [0.3, 0.4) is 0 Å². The minimum Gasteiger partial charge on any atom is -0.380 e. The second-order valence-electron chi connectivity index (χ2n) is 9.29. The van der Waals surface area contributed by atoms with Gasteiger partial charge in [0, 0.05) is 60.7 Å². The Balaban J connectivity index is 1.26. The van der Waals surface area contributed by atoms with Crippen LogP contribution in [0.1, 0.15) is 28.1 Å². The summed E-state index contributed by atoms with van der Waals surface area (Å²) in [5.41, 5.74) is 5.44. The maximum atomic E-state index is 13.8. The molecule has 0 bridgehead atoms. The van der Waals surface area contributed by atoms with E-state index in [0.29, 0.717) is 11.3 Å². The Bertz CT molecular complexity index is 1320. The highest BCUT2D eigenvalue weighted by atomic mass is 16.5. The smallest absolute Gasteiger partial charge is 0.187 e. The molecule has 0 radical (unpaired) electrons. The van der Waals surface area contributed by atoms with Crippen molar-refractivity contribution in [3.05, 3.63) is 77.8 Å². The molecule has 0 spiro atoms. The Morgan fingerprint density at radius 1 is 1.09 bits per heavy atom. The minimum atomic E-state index is -0.267. The third kappa shape index (κ3) is 3.66. The zero-order valence-electron chi connectivity index (χ0n) is 19.3. The number of fused-ring (bicyclic) bond motifs is 2. The quantitative estimate of drug-likeness (QED) is 0.438. The van der Waals surface area contributed by atoms with E-state index in [1.807, 2.05) is 13.1 Å². The molecule has 0 aliphatic carbocycles. The highest BCUT2D eigenvalue weighted by Crippen LogP contribution is 2.31. The van der Waals surface area contributed by atoms with Crippen LogP contribution >= 0.6 is 0 Å². The lowest BCUT2D eigenvalue weighted by molar-refractivity contribution is 0.0769. The van der Waals surface area contributed by atoms with E-state index in [-0.39, 0.29) is 17.9 Å². The van der Waals surface area contributed by atoms with Crippen molar-refractivity contribution in [2.24, 2.45) is 0 Å². The lowest BCUT2D eigenvalue weighted by Gasteiger charge is -2.43. The average Bonchev–Trinajstić information content (AvgIpc) is 3.53. The predicted octanol–water partition coefficient (Wildman–Crippen LogP) is 4.26. The Hall–Kier alpha value is -3.58. The number of hydrogen-bond donors (Lipinski definition) is 2. The third-order valence-electron chi connectivity index (χ3n) is 7.37. The van der Waals surface area contributed by atoms with Gasteiger partial charge in [-0.2, -0.15) is 0 Å². The molecular formula is C27H29N5O2. The molecule has 2 aliphatic rings. The van der Waals surface area contributed by atoms with Crippen LogP contribution in [0.4, 0.5) is 11.4 Å². The molecule has 7 heteroatoms. The number of benzene rings is 2. The summed E-state index contributed by atoms with van der Waals surface area (Å²) in [6.07, 6.45) is 5.45. The molecule has 4 aromatic rings. The number of H-pyrrole nitrogens is 1. The van der Waals surface area contributed by atoms with Crippen molar-refractivity contribution >= 4 is 28.1 Å². The number of Topliss-reactive ketones (excluding diaryl/α,β-unsaturated/α-hetero) is 1. The molecule has 174 valence electrons. The van der Waals surface area contributed by atoms with Gasteiger partial charge in [0.2, 0.25) is 0 Å². The van der Waals surface area contributed by atoms with E-state index in [4.69, 9.17) is 4.52 Å². The van der Waals surface area contributed by atoms with E-state index >= 15 is 0 Å². The summed E-state index contributed by atoms with van der Waals surface area (Å²) >= 11 is 0. The normalized spacial score (nSPS) is 19.6. The SMILES string of the molecule is Cc1oncc1C(=O)C(C1CCc2ccccc2N1)N1CCN(c2cccc3[nH]ccc23)CC1. The Morgan fingerprint density at radius 2 is 1.94 bits per heavy atom. The molecule has 7 nitrogen and oxygen atoms in total. The standard InChI is InChI=1S/C27H29N5O2/c1-18-21(17-29-34-18)27(33)26(24-10-9-19-5-2-3-6-22(19)30-24)32-15-13-31(14-16-32)25-8-4-7-23-20(25)11-12-28-23/h2-8,11-12,17,24,26,28,30H,9-10,13-16H2,1H3. The van der Waals surface area contributed by atoms with Gasteiger partial charge in [0.1, 0.15) is 5.76 Å². The topological polar surface area (TPSA) is 77.4 Å². The molecule has 2 atom stereocenters.